The smallest absolute Gasteiger partial charge is 0.236 e. The molecule has 0 radical (unpaired) electrons. The molecule has 0 aromatic carbocycles. The van der Waals surface area contributed by atoms with Gasteiger partial charge in [0.1, 0.15) is 5.41 Å². The van der Waals surface area contributed by atoms with E-state index in [0.29, 0.717) is 18.3 Å². The number of rotatable bonds is 2. The summed E-state index contributed by atoms with van der Waals surface area (Å²) in [6.07, 6.45) is 4.43. The van der Waals surface area contributed by atoms with Gasteiger partial charge < -0.3 is 15.8 Å². The fraction of sp³-hybridized carbons (Fsp3) is 0.846. The molecule has 1 amide bonds. The van der Waals surface area contributed by atoms with Gasteiger partial charge in [0, 0.05) is 13.1 Å². The Kier molecular flexibility index (Phi) is 3.25. The van der Waals surface area contributed by atoms with Crippen molar-refractivity contribution in [3.63, 3.8) is 0 Å². The Morgan fingerprint density at radius 3 is 2.17 bits per heavy atom. The molecule has 2 fully saturated rings. The highest BCUT2D eigenvalue weighted by atomic mass is 16.4. The van der Waals surface area contributed by atoms with Crippen molar-refractivity contribution in [3.05, 3.63) is 0 Å². The first-order chi connectivity index (χ1) is 8.41. The van der Waals surface area contributed by atoms with Crippen molar-refractivity contribution in [2.45, 2.75) is 46.0 Å². The SMILES string of the molecule is CC1(C)CCN(C(=O)C2(C(N)=NO)CCC2)CC1. The van der Waals surface area contributed by atoms with Crippen molar-refractivity contribution in [2.75, 3.05) is 13.1 Å². The zero-order valence-corrected chi connectivity index (χ0v) is 11.3. The van der Waals surface area contributed by atoms with Crippen LogP contribution in [0.3, 0.4) is 0 Å². The molecule has 2 aliphatic rings. The highest BCUT2D eigenvalue weighted by molar-refractivity contribution is 6.07. The molecule has 0 bridgehead atoms. The number of carbonyl (C=O) groups excluding carboxylic acids is 1. The van der Waals surface area contributed by atoms with Crippen LogP contribution in [0, 0.1) is 10.8 Å². The summed E-state index contributed by atoms with van der Waals surface area (Å²) in [5.41, 5.74) is 5.33. The molecule has 1 saturated heterocycles. The second kappa shape index (κ2) is 4.44. The minimum atomic E-state index is -0.712. The van der Waals surface area contributed by atoms with Gasteiger partial charge in [-0.15, -0.1) is 0 Å². The molecule has 1 aliphatic carbocycles. The van der Waals surface area contributed by atoms with E-state index in [1.54, 1.807) is 0 Å². The van der Waals surface area contributed by atoms with Crippen LogP contribution < -0.4 is 5.73 Å². The minimum absolute atomic E-state index is 0.0551. The summed E-state index contributed by atoms with van der Waals surface area (Å²) in [4.78, 5) is 14.5. The molecule has 0 aromatic rings. The molecular weight excluding hydrogens is 230 g/mol. The van der Waals surface area contributed by atoms with E-state index in [1.165, 1.54) is 0 Å². The maximum Gasteiger partial charge on any atom is 0.236 e. The van der Waals surface area contributed by atoms with E-state index in [1.807, 2.05) is 4.90 Å². The molecule has 5 heteroatoms. The highest BCUT2D eigenvalue weighted by Crippen LogP contribution is 2.44. The van der Waals surface area contributed by atoms with Crippen molar-refractivity contribution in [2.24, 2.45) is 21.7 Å². The Balaban J connectivity index is 2.08. The first-order valence-corrected chi connectivity index (χ1v) is 6.69. The molecule has 3 N–H and O–H groups in total. The summed E-state index contributed by atoms with van der Waals surface area (Å²) in [6.45, 7) is 6.04. The molecule has 1 aliphatic heterocycles. The van der Waals surface area contributed by atoms with Gasteiger partial charge in [-0.05, 0) is 31.1 Å². The van der Waals surface area contributed by atoms with Crippen LogP contribution >= 0.6 is 0 Å². The number of piperidine rings is 1. The van der Waals surface area contributed by atoms with E-state index in [4.69, 9.17) is 10.9 Å². The van der Waals surface area contributed by atoms with E-state index in [2.05, 4.69) is 19.0 Å². The van der Waals surface area contributed by atoms with E-state index < -0.39 is 5.41 Å². The average Bonchev–Trinajstić information content (AvgIpc) is 2.27. The van der Waals surface area contributed by atoms with Crippen molar-refractivity contribution in [1.82, 2.24) is 4.90 Å². The number of amidine groups is 1. The number of likely N-dealkylation sites (tertiary alicyclic amines) is 1. The Morgan fingerprint density at radius 2 is 1.78 bits per heavy atom. The summed E-state index contributed by atoms with van der Waals surface area (Å²) < 4.78 is 0. The Labute approximate surface area is 108 Å². The number of nitrogens with zero attached hydrogens (tertiary/aromatic N) is 2. The van der Waals surface area contributed by atoms with Gasteiger partial charge in [-0.2, -0.15) is 0 Å². The van der Waals surface area contributed by atoms with E-state index >= 15 is 0 Å². The van der Waals surface area contributed by atoms with Crippen molar-refractivity contribution >= 4 is 11.7 Å². The van der Waals surface area contributed by atoms with Gasteiger partial charge in [-0.25, -0.2) is 0 Å². The number of nitrogens with two attached hydrogens (primary N) is 1. The summed E-state index contributed by atoms with van der Waals surface area (Å²) in [6, 6.07) is 0. The summed E-state index contributed by atoms with van der Waals surface area (Å²) in [5.74, 6) is 0.142. The third-order valence-electron chi connectivity index (χ3n) is 4.62. The standard InChI is InChI=1S/C13H23N3O2/c1-12(2)6-8-16(9-7-12)11(17)13(4-3-5-13)10(14)15-18/h18H,3-9H2,1-2H3,(H2,14,15). The van der Waals surface area contributed by atoms with Crippen LogP contribution in [-0.2, 0) is 4.79 Å². The Morgan fingerprint density at radius 1 is 1.22 bits per heavy atom. The molecule has 2 rings (SSSR count). The van der Waals surface area contributed by atoms with Crippen LogP contribution in [0.25, 0.3) is 0 Å². The first-order valence-electron chi connectivity index (χ1n) is 6.69. The Hall–Kier alpha value is -1.26. The largest absolute Gasteiger partial charge is 0.409 e. The minimum Gasteiger partial charge on any atom is -0.409 e. The lowest BCUT2D eigenvalue weighted by Crippen LogP contribution is -2.57. The van der Waals surface area contributed by atoms with Gasteiger partial charge in [0.25, 0.3) is 0 Å². The number of carbonyl (C=O) groups is 1. The lowest BCUT2D eigenvalue weighted by atomic mass is 9.66. The molecule has 18 heavy (non-hydrogen) atoms. The van der Waals surface area contributed by atoms with Gasteiger partial charge in [0.2, 0.25) is 5.91 Å². The van der Waals surface area contributed by atoms with Crippen LogP contribution in [0.15, 0.2) is 5.16 Å². The average molecular weight is 253 g/mol. The van der Waals surface area contributed by atoms with Crippen LogP contribution in [0.5, 0.6) is 0 Å². The maximum absolute atomic E-state index is 12.6. The topological polar surface area (TPSA) is 78.9 Å². The van der Waals surface area contributed by atoms with Gasteiger partial charge in [-0.3, -0.25) is 4.79 Å². The lowest BCUT2D eigenvalue weighted by Gasteiger charge is -2.45. The molecule has 1 heterocycles. The predicted octanol–water partition coefficient (Wildman–Crippen LogP) is 1.55. The normalized spacial score (nSPS) is 26.6. The van der Waals surface area contributed by atoms with Crippen LogP contribution in [-0.4, -0.2) is 34.9 Å². The van der Waals surface area contributed by atoms with Crippen molar-refractivity contribution in [1.29, 1.82) is 0 Å². The summed E-state index contributed by atoms with van der Waals surface area (Å²) >= 11 is 0. The molecule has 1 saturated carbocycles. The zero-order valence-electron chi connectivity index (χ0n) is 11.3. The van der Waals surface area contributed by atoms with E-state index in [-0.39, 0.29) is 11.7 Å². The fourth-order valence-electron chi connectivity index (χ4n) is 2.82. The molecular formula is C13H23N3O2. The number of amides is 1. The maximum atomic E-state index is 12.6. The second-order valence-electron chi connectivity index (χ2n) is 6.38. The van der Waals surface area contributed by atoms with Gasteiger partial charge in [0.15, 0.2) is 5.84 Å². The number of oxime groups is 1. The van der Waals surface area contributed by atoms with Crippen molar-refractivity contribution < 1.29 is 10.0 Å². The fourth-order valence-corrected chi connectivity index (χ4v) is 2.82. The van der Waals surface area contributed by atoms with Crippen LogP contribution in [0.1, 0.15) is 46.0 Å². The molecule has 0 atom stereocenters. The molecule has 0 spiro atoms. The monoisotopic (exact) mass is 253 g/mol. The molecule has 102 valence electrons. The molecule has 0 aromatic heterocycles. The number of hydrogen-bond donors (Lipinski definition) is 2. The van der Waals surface area contributed by atoms with Crippen molar-refractivity contribution in [3.8, 4) is 0 Å². The van der Waals surface area contributed by atoms with Crippen LogP contribution in [0.2, 0.25) is 0 Å². The summed E-state index contributed by atoms with van der Waals surface area (Å²) in [5, 5.41) is 11.9. The predicted molar refractivity (Wildman–Crippen MR) is 69.3 cm³/mol. The van der Waals surface area contributed by atoms with Gasteiger partial charge in [-0.1, -0.05) is 25.4 Å². The van der Waals surface area contributed by atoms with Crippen LogP contribution in [0.4, 0.5) is 0 Å². The lowest BCUT2D eigenvalue weighted by molar-refractivity contribution is -0.144. The highest BCUT2D eigenvalue weighted by Gasteiger charge is 2.50. The summed E-state index contributed by atoms with van der Waals surface area (Å²) in [7, 11) is 0. The molecule has 5 nitrogen and oxygen atoms in total. The quantitative estimate of drug-likeness (QED) is 0.339. The molecule has 0 unspecified atom stereocenters. The third-order valence-corrected chi connectivity index (χ3v) is 4.62. The van der Waals surface area contributed by atoms with Gasteiger partial charge in [0.05, 0.1) is 0 Å². The number of hydrogen-bond acceptors (Lipinski definition) is 3. The Bertz CT molecular complexity index is 362. The van der Waals surface area contributed by atoms with Gasteiger partial charge >= 0.3 is 0 Å². The second-order valence-corrected chi connectivity index (χ2v) is 6.38. The zero-order chi connectivity index (χ0) is 13.4. The third kappa shape index (κ3) is 2.06. The van der Waals surface area contributed by atoms with E-state index in [0.717, 1.165) is 32.4 Å². The first kappa shape index (κ1) is 13.2. The van der Waals surface area contributed by atoms with E-state index in [9.17, 15) is 4.79 Å².